The van der Waals surface area contributed by atoms with E-state index in [0.29, 0.717) is 24.5 Å². The summed E-state index contributed by atoms with van der Waals surface area (Å²) in [6.45, 7) is 6.12. The summed E-state index contributed by atoms with van der Waals surface area (Å²) >= 11 is 0. The van der Waals surface area contributed by atoms with Crippen LogP contribution < -0.4 is 24.8 Å². The van der Waals surface area contributed by atoms with Crippen LogP contribution in [0.4, 0.5) is 16.2 Å². The van der Waals surface area contributed by atoms with E-state index in [-0.39, 0.29) is 6.04 Å². The summed E-state index contributed by atoms with van der Waals surface area (Å²) < 4.78 is 21.9. The van der Waals surface area contributed by atoms with Gasteiger partial charge < -0.3 is 29.6 Å². The molecule has 0 saturated heterocycles. The molecule has 2 N–H and O–H groups in total. The predicted octanol–water partition coefficient (Wildman–Crippen LogP) is 6.14. The molecule has 0 aliphatic heterocycles. The van der Waals surface area contributed by atoms with Gasteiger partial charge in [-0.25, -0.2) is 9.78 Å². The summed E-state index contributed by atoms with van der Waals surface area (Å²) in [6, 6.07) is 16.0. The topological polar surface area (TPSA) is 90.9 Å². The quantitative estimate of drug-likeness (QED) is 0.265. The van der Waals surface area contributed by atoms with Gasteiger partial charge in [-0.3, -0.25) is 0 Å². The maximum atomic E-state index is 11.7. The van der Waals surface area contributed by atoms with E-state index in [2.05, 4.69) is 16.7 Å². The average Bonchev–Trinajstić information content (AvgIpc) is 2.88. The van der Waals surface area contributed by atoms with E-state index >= 15 is 0 Å². The SMILES string of the molecule is COc1cc2nc3cc(OC)c(OC)cc3c(Nc3ccc(CCOC(=O)NC(C)C)cc3)c2cc1C. The van der Waals surface area contributed by atoms with Crippen LogP contribution in [0.3, 0.4) is 0 Å². The molecule has 8 nitrogen and oxygen atoms in total. The third-order valence-corrected chi connectivity index (χ3v) is 6.05. The van der Waals surface area contributed by atoms with Crippen LogP contribution in [0, 0.1) is 6.92 Å². The Morgan fingerprint density at radius 2 is 1.46 bits per heavy atom. The van der Waals surface area contributed by atoms with Gasteiger partial charge in [0.1, 0.15) is 5.75 Å². The average molecular weight is 504 g/mol. The highest BCUT2D eigenvalue weighted by atomic mass is 16.5. The van der Waals surface area contributed by atoms with Crippen LogP contribution in [0.1, 0.15) is 25.0 Å². The molecule has 8 heteroatoms. The Balaban J connectivity index is 1.68. The molecule has 0 aliphatic rings. The molecule has 37 heavy (non-hydrogen) atoms. The van der Waals surface area contributed by atoms with Crippen molar-refractivity contribution in [1.82, 2.24) is 10.3 Å². The van der Waals surface area contributed by atoms with E-state index in [0.717, 1.165) is 50.1 Å². The van der Waals surface area contributed by atoms with Gasteiger partial charge >= 0.3 is 6.09 Å². The Bertz CT molecular complexity index is 1420. The van der Waals surface area contributed by atoms with E-state index in [1.54, 1.807) is 21.3 Å². The number of carbonyl (C=O) groups excluding carboxylic acids is 1. The molecule has 1 amide bonds. The number of carbonyl (C=O) groups is 1. The molecule has 0 saturated carbocycles. The lowest BCUT2D eigenvalue weighted by molar-refractivity contribution is 0.145. The number of anilines is 2. The second-order valence-corrected chi connectivity index (χ2v) is 9.06. The van der Waals surface area contributed by atoms with Gasteiger partial charge in [0, 0.05) is 41.1 Å². The third-order valence-electron chi connectivity index (χ3n) is 6.05. The Hall–Kier alpha value is -4.20. The minimum absolute atomic E-state index is 0.0455. The number of fused-ring (bicyclic) bond motifs is 2. The molecule has 0 unspecified atom stereocenters. The lowest BCUT2D eigenvalue weighted by Crippen LogP contribution is -2.31. The van der Waals surface area contributed by atoms with E-state index in [9.17, 15) is 4.79 Å². The normalized spacial score (nSPS) is 11.0. The van der Waals surface area contributed by atoms with Crippen molar-refractivity contribution in [3.63, 3.8) is 0 Å². The first kappa shape index (κ1) is 25.9. The molecule has 3 aromatic carbocycles. The Morgan fingerprint density at radius 3 is 2.08 bits per heavy atom. The molecule has 4 aromatic rings. The number of aryl methyl sites for hydroxylation is 1. The van der Waals surface area contributed by atoms with Crippen molar-refractivity contribution in [3.8, 4) is 17.2 Å². The van der Waals surface area contributed by atoms with Crippen LogP contribution in [-0.2, 0) is 11.2 Å². The Labute approximate surface area is 216 Å². The van der Waals surface area contributed by atoms with Crippen molar-refractivity contribution in [2.45, 2.75) is 33.2 Å². The van der Waals surface area contributed by atoms with Gasteiger partial charge in [0.05, 0.1) is 44.7 Å². The Kier molecular flexibility index (Phi) is 7.86. The molecule has 194 valence electrons. The van der Waals surface area contributed by atoms with Crippen LogP contribution in [0.5, 0.6) is 17.2 Å². The van der Waals surface area contributed by atoms with Gasteiger partial charge in [0.15, 0.2) is 11.5 Å². The van der Waals surface area contributed by atoms with Crippen molar-refractivity contribution in [3.05, 3.63) is 59.7 Å². The molecular formula is C29H33N3O5. The zero-order chi connectivity index (χ0) is 26.5. The number of hydrogen-bond donors (Lipinski definition) is 2. The second kappa shape index (κ2) is 11.2. The van der Waals surface area contributed by atoms with Crippen molar-refractivity contribution < 1.29 is 23.7 Å². The molecular weight excluding hydrogens is 470 g/mol. The second-order valence-electron chi connectivity index (χ2n) is 9.06. The predicted molar refractivity (Wildman–Crippen MR) is 147 cm³/mol. The number of nitrogens with one attached hydrogen (secondary N) is 2. The summed E-state index contributed by atoms with van der Waals surface area (Å²) in [5, 5.41) is 8.18. The minimum atomic E-state index is -0.399. The number of rotatable bonds is 9. The third kappa shape index (κ3) is 5.80. The van der Waals surface area contributed by atoms with Crippen LogP contribution in [-0.4, -0.2) is 45.1 Å². The summed E-state index contributed by atoms with van der Waals surface area (Å²) in [6.07, 6.45) is 0.229. The van der Waals surface area contributed by atoms with E-state index in [1.807, 2.05) is 63.2 Å². The first-order chi connectivity index (χ1) is 17.8. The number of alkyl carbamates (subject to hydrolysis) is 1. The molecule has 0 bridgehead atoms. The van der Waals surface area contributed by atoms with Crippen molar-refractivity contribution >= 4 is 39.3 Å². The monoisotopic (exact) mass is 503 g/mol. The number of amides is 1. The highest BCUT2D eigenvalue weighted by Crippen LogP contribution is 2.40. The Morgan fingerprint density at radius 1 is 0.865 bits per heavy atom. The largest absolute Gasteiger partial charge is 0.496 e. The van der Waals surface area contributed by atoms with E-state index < -0.39 is 6.09 Å². The van der Waals surface area contributed by atoms with E-state index in [1.165, 1.54) is 0 Å². The molecule has 0 aliphatic carbocycles. The maximum Gasteiger partial charge on any atom is 0.407 e. The van der Waals surface area contributed by atoms with Crippen LogP contribution in [0.15, 0.2) is 48.5 Å². The van der Waals surface area contributed by atoms with Crippen LogP contribution >= 0.6 is 0 Å². The fourth-order valence-corrected chi connectivity index (χ4v) is 4.20. The molecule has 1 aromatic heterocycles. The standard InChI is InChI=1S/C29H33N3O5/c1-17(2)30-29(33)37-12-11-19-7-9-20(10-8-19)31-28-21-13-18(3)25(34-4)15-23(21)32-24-16-27(36-6)26(35-5)14-22(24)28/h7-10,13-17H,11-12H2,1-6H3,(H,30,33)(H,31,32). The van der Waals surface area contributed by atoms with Gasteiger partial charge in [-0.1, -0.05) is 12.1 Å². The summed E-state index contributed by atoms with van der Waals surface area (Å²) in [5.41, 5.74) is 5.48. The smallest absolute Gasteiger partial charge is 0.407 e. The molecule has 0 fully saturated rings. The summed E-state index contributed by atoms with van der Waals surface area (Å²) in [7, 11) is 4.89. The van der Waals surface area contributed by atoms with Gasteiger partial charge in [0.25, 0.3) is 0 Å². The van der Waals surface area contributed by atoms with Crippen molar-refractivity contribution in [1.29, 1.82) is 0 Å². The molecule has 0 radical (unpaired) electrons. The fourth-order valence-electron chi connectivity index (χ4n) is 4.20. The number of benzene rings is 3. The maximum absolute atomic E-state index is 11.7. The molecule has 0 atom stereocenters. The first-order valence-electron chi connectivity index (χ1n) is 12.2. The zero-order valence-electron chi connectivity index (χ0n) is 22.1. The highest BCUT2D eigenvalue weighted by molar-refractivity contribution is 6.10. The van der Waals surface area contributed by atoms with Crippen molar-refractivity contribution in [2.24, 2.45) is 0 Å². The van der Waals surface area contributed by atoms with Gasteiger partial charge in [-0.2, -0.15) is 0 Å². The lowest BCUT2D eigenvalue weighted by atomic mass is 10.0. The summed E-state index contributed by atoms with van der Waals surface area (Å²) in [5.74, 6) is 2.02. The van der Waals surface area contributed by atoms with Gasteiger partial charge in [-0.05, 0) is 56.2 Å². The number of ether oxygens (including phenoxy) is 4. The van der Waals surface area contributed by atoms with Gasteiger partial charge in [0.2, 0.25) is 0 Å². The highest BCUT2D eigenvalue weighted by Gasteiger charge is 2.16. The number of pyridine rings is 1. The molecule has 1 heterocycles. The first-order valence-corrected chi connectivity index (χ1v) is 12.2. The molecule has 4 rings (SSSR count). The summed E-state index contributed by atoms with van der Waals surface area (Å²) in [4.78, 5) is 16.6. The number of methoxy groups -OCH3 is 3. The van der Waals surface area contributed by atoms with Crippen LogP contribution in [0.2, 0.25) is 0 Å². The number of aromatic nitrogens is 1. The fraction of sp³-hybridized carbons (Fsp3) is 0.310. The van der Waals surface area contributed by atoms with Crippen molar-refractivity contribution in [2.75, 3.05) is 33.3 Å². The van der Waals surface area contributed by atoms with Gasteiger partial charge in [-0.15, -0.1) is 0 Å². The zero-order valence-corrected chi connectivity index (χ0v) is 22.1. The number of nitrogens with zero attached hydrogens (tertiary/aromatic N) is 1. The van der Waals surface area contributed by atoms with E-state index in [4.69, 9.17) is 23.9 Å². The van der Waals surface area contributed by atoms with Crippen LogP contribution in [0.25, 0.3) is 21.8 Å². The lowest BCUT2D eigenvalue weighted by Gasteiger charge is -2.17. The molecule has 0 spiro atoms. The number of hydrogen-bond acceptors (Lipinski definition) is 7. The minimum Gasteiger partial charge on any atom is -0.496 e.